The molecular weight excluding hydrogens is 363 g/mol. The highest BCUT2D eigenvalue weighted by Crippen LogP contribution is 2.21. The molecule has 1 saturated heterocycles. The first-order valence-electron chi connectivity index (χ1n) is 8.14. The maximum Gasteiger partial charge on any atom is 0.322 e. The van der Waals surface area contributed by atoms with Gasteiger partial charge in [-0.25, -0.2) is 17.1 Å². The lowest BCUT2D eigenvalue weighted by molar-refractivity contribution is -0.121. The van der Waals surface area contributed by atoms with Crippen LogP contribution in [0.2, 0.25) is 0 Å². The van der Waals surface area contributed by atoms with Crippen LogP contribution in [0.4, 0.5) is 10.4 Å². The fourth-order valence-corrected chi connectivity index (χ4v) is 3.68. The molecule has 1 aliphatic rings. The minimum atomic E-state index is -3.23. The van der Waals surface area contributed by atoms with E-state index in [0.29, 0.717) is 38.2 Å². The average molecular weight is 382 g/mol. The first-order valence-corrected chi connectivity index (χ1v) is 9.99. The number of anilines is 1. The van der Waals surface area contributed by atoms with Crippen LogP contribution in [0.5, 0.6) is 0 Å². The largest absolute Gasteiger partial charge is 0.407 e. The van der Waals surface area contributed by atoms with Gasteiger partial charge < -0.3 is 4.42 Å². The number of benzene rings is 1. The van der Waals surface area contributed by atoms with E-state index in [1.54, 1.807) is 12.1 Å². The Labute approximate surface area is 150 Å². The highest BCUT2D eigenvalue weighted by Gasteiger charge is 2.29. The summed E-state index contributed by atoms with van der Waals surface area (Å²) in [5, 5.41) is 10.2. The maximum absolute atomic E-state index is 12.9. The monoisotopic (exact) mass is 382 g/mol. The number of sulfonamides is 1. The van der Waals surface area contributed by atoms with Gasteiger partial charge in [-0.1, -0.05) is 17.2 Å². The average Bonchev–Trinajstić information content (AvgIpc) is 3.03. The van der Waals surface area contributed by atoms with Crippen LogP contribution in [0.15, 0.2) is 28.7 Å². The first-order chi connectivity index (χ1) is 12.3. The van der Waals surface area contributed by atoms with Crippen molar-refractivity contribution >= 4 is 21.9 Å². The van der Waals surface area contributed by atoms with Crippen LogP contribution in [-0.2, 0) is 21.2 Å². The van der Waals surface area contributed by atoms with Gasteiger partial charge in [-0.2, -0.15) is 0 Å². The van der Waals surface area contributed by atoms with E-state index in [0.717, 1.165) is 11.8 Å². The Balaban J connectivity index is 1.54. The number of amides is 1. The summed E-state index contributed by atoms with van der Waals surface area (Å²) >= 11 is 0. The van der Waals surface area contributed by atoms with E-state index in [1.807, 2.05) is 0 Å². The van der Waals surface area contributed by atoms with E-state index in [1.165, 1.54) is 16.4 Å². The smallest absolute Gasteiger partial charge is 0.322 e. The predicted octanol–water partition coefficient (Wildman–Crippen LogP) is 1.41. The summed E-state index contributed by atoms with van der Waals surface area (Å²) in [5.74, 6) is -0.594. The maximum atomic E-state index is 12.9. The molecule has 26 heavy (non-hydrogen) atoms. The normalized spacial score (nSPS) is 16.5. The highest BCUT2D eigenvalue weighted by molar-refractivity contribution is 7.88. The van der Waals surface area contributed by atoms with Crippen LogP contribution in [-0.4, -0.2) is 48.2 Å². The molecule has 2 aromatic rings. The lowest BCUT2D eigenvalue weighted by Crippen LogP contribution is -2.40. The second kappa shape index (κ2) is 7.50. The summed E-state index contributed by atoms with van der Waals surface area (Å²) in [6.07, 6.45) is 2.37. The van der Waals surface area contributed by atoms with Gasteiger partial charge in [-0.3, -0.25) is 10.1 Å². The molecule has 140 valence electrons. The lowest BCUT2D eigenvalue weighted by atomic mass is 9.97. The first kappa shape index (κ1) is 18.5. The van der Waals surface area contributed by atoms with Crippen molar-refractivity contribution in [3.8, 4) is 0 Å². The number of piperidine rings is 1. The fourth-order valence-electron chi connectivity index (χ4n) is 2.81. The SMILES string of the molecule is CS(=O)(=O)N1CCC(C(=O)Nc2nnc(Cc3ccc(F)cc3)o2)CC1. The molecule has 8 nitrogen and oxygen atoms in total. The van der Waals surface area contributed by atoms with Crippen molar-refractivity contribution < 1.29 is 22.0 Å². The van der Waals surface area contributed by atoms with E-state index in [4.69, 9.17) is 4.42 Å². The number of hydrogen-bond acceptors (Lipinski definition) is 6. The Bertz CT molecular complexity index is 874. The third-order valence-corrected chi connectivity index (χ3v) is 5.56. The molecule has 0 atom stereocenters. The van der Waals surface area contributed by atoms with E-state index in [9.17, 15) is 17.6 Å². The van der Waals surface area contributed by atoms with Gasteiger partial charge in [0.15, 0.2) is 0 Å². The van der Waals surface area contributed by atoms with Gasteiger partial charge >= 0.3 is 6.01 Å². The molecule has 1 fully saturated rings. The summed E-state index contributed by atoms with van der Waals surface area (Å²) in [6.45, 7) is 0.632. The van der Waals surface area contributed by atoms with Crippen molar-refractivity contribution in [2.24, 2.45) is 5.92 Å². The van der Waals surface area contributed by atoms with Gasteiger partial charge in [0.2, 0.25) is 21.8 Å². The molecule has 0 aliphatic carbocycles. The van der Waals surface area contributed by atoms with Gasteiger partial charge in [0.25, 0.3) is 0 Å². The molecule has 1 N–H and O–H groups in total. The van der Waals surface area contributed by atoms with Crippen LogP contribution < -0.4 is 5.32 Å². The molecule has 0 spiro atoms. The molecule has 1 amide bonds. The van der Waals surface area contributed by atoms with Crippen LogP contribution in [0, 0.1) is 11.7 Å². The zero-order valence-electron chi connectivity index (χ0n) is 14.2. The third-order valence-electron chi connectivity index (χ3n) is 4.26. The minimum Gasteiger partial charge on any atom is -0.407 e. The molecule has 1 aromatic carbocycles. The third kappa shape index (κ3) is 4.64. The highest BCUT2D eigenvalue weighted by atomic mass is 32.2. The zero-order valence-corrected chi connectivity index (χ0v) is 15.0. The van der Waals surface area contributed by atoms with Gasteiger partial charge in [0, 0.05) is 19.0 Å². The fraction of sp³-hybridized carbons (Fsp3) is 0.438. The number of nitrogens with zero attached hydrogens (tertiary/aromatic N) is 3. The number of halogens is 1. The standard InChI is InChI=1S/C16H19FN4O4S/c1-26(23,24)21-8-6-12(7-9-21)15(22)18-16-20-19-14(25-16)10-11-2-4-13(17)5-3-11/h2-5,12H,6-10H2,1H3,(H,18,20,22). The molecule has 3 rings (SSSR count). The summed E-state index contributed by atoms with van der Waals surface area (Å²) in [5.41, 5.74) is 0.807. The van der Waals surface area contributed by atoms with E-state index >= 15 is 0 Å². The minimum absolute atomic E-state index is 0.00217. The Hall–Kier alpha value is -2.33. The second-order valence-corrected chi connectivity index (χ2v) is 8.21. The number of aromatic nitrogens is 2. The molecular formula is C16H19FN4O4S. The number of nitrogens with one attached hydrogen (secondary N) is 1. The number of carbonyl (C=O) groups excluding carboxylic acids is 1. The molecule has 0 saturated carbocycles. The van der Waals surface area contributed by atoms with E-state index in [2.05, 4.69) is 15.5 Å². The summed E-state index contributed by atoms with van der Waals surface area (Å²) in [7, 11) is -3.23. The van der Waals surface area contributed by atoms with Crippen LogP contribution in [0.1, 0.15) is 24.3 Å². The Morgan fingerprint density at radius 3 is 2.54 bits per heavy atom. The van der Waals surface area contributed by atoms with Crippen molar-refractivity contribution in [1.29, 1.82) is 0 Å². The van der Waals surface area contributed by atoms with Crippen LogP contribution in [0.25, 0.3) is 0 Å². The van der Waals surface area contributed by atoms with Crippen LogP contribution >= 0.6 is 0 Å². The van der Waals surface area contributed by atoms with E-state index in [-0.39, 0.29) is 23.7 Å². The molecule has 10 heteroatoms. The Morgan fingerprint density at radius 1 is 1.27 bits per heavy atom. The number of rotatable bonds is 5. The summed E-state index contributed by atoms with van der Waals surface area (Å²) in [4.78, 5) is 12.3. The molecule has 0 bridgehead atoms. The molecule has 2 heterocycles. The van der Waals surface area contributed by atoms with Gasteiger partial charge in [-0.05, 0) is 30.5 Å². The van der Waals surface area contributed by atoms with Crippen molar-refractivity contribution in [3.05, 3.63) is 41.5 Å². The molecule has 1 aliphatic heterocycles. The van der Waals surface area contributed by atoms with Crippen molar-refractivity contribution in [1.82, 2.24) is 14.5 Å². The van der Waals surface area contributed by atoms with Gasteiger partial charge in [0.05, 0.1) is 12.7 Å². The predicted molar refractivity (Wildman–Crippen MR) is 91.3 cm³/mol. The lowest BCUT2D eigenvalue weighted by Gasteiger charge is -2.29. The number of carbonyl (C=O) groups is 1. The molecule has 0 unspecified atom stereocenters. The quantitative estimate of drug-likeness (QED) is 0.838. The Morgan fingerprint density at radius 2 is 1.92 bits per heavy atom. The second-order valence-electron chi connectivity index (χ2n) is 6.23. The van der Waals surface area contributed by atoms with Gasteiger partial charge in [0.1, 0.15) is 5.82 Å². The summed E-state index contributed by atoms with van der Waals surface area (Å²) in [6, 6.07) is 5.92. The van der Waals surface area contributed by atoms with Crippen molar-refractivity contribution in [2.45, 2.75) is 19.3 Å². The number of hydrogen-bond donors (Lipinski definition) is 1. The molecule has 0 radical (unpaired) electrons. The van der Waals surface area contributed by atoms with Gasteiger partial charge in [-0.15, -0.1) is 5.10 Å². The van der Waals surface area contributed by atoms with Crippen molar-refractivity contribution in [3.63, 3.8) is 0 Å². The van der Waals surface area contributed by atoms with Crippen molar-refractivity contribution in [2.75, 3.05) is 24.7 Å². The zero-order chi connectivity index (χ0) is 18.7. The molecule has 1 aromatic heterocycles. The topological polar surface area (TPSA) is 105 Å². The Kier molecular flexibility index (Phi) is 5.33. The van der Waals surface area contributed by atoms with E-state index < -0.39 is 10.0 Å². The van der Waals surface area contributed by atoms with Crippen LogP contribution in [0.3, 0.4) is 0 Å². The summed E-state index contributed by atoms with van der Waals surface area (Å²) < 4.78 is 42.7.